The van der Waals surface area contributed by atoms with Crippen LogP contribution in [0.1, 0.15) is 57.8 Å². The first-order valence-electron chi connectivity index (χ1n) is 9.63. The first kappa shape index (κ1) is 20.8. The Morgan fingerprint density at radius 3 is 2.48 bits per heavy atom. The monoisotopic (exact) mass is 369 g/mol. The van der Waals surface area contributed by atoms with Gasteiger partial charge in [0.15, 0.2) is 0 Å². The topological polar surface area (TPSA) is 47.6 Å². The Bertz CT molecular complexity index is 707. The molecule has 1 N–H and O–H groups in total. The van der Waals surface area contributed by atoms with Crippen LogP contribution >= 0.6 is 0 Å². The molecule has 0 fully saturated rings. The summed E-state index contributed by atoms with van der Waals surface area (Å²) in [4.78, 5) is 12.3. The normalized spacial score (nSPS) is 12.3. The van der Waals surface area contributed by atoms with E-state index in [9.17, 15) is 4.79 Å². The first-order chi connectivity index (χ1) is 12.9. The molecule has 0 aliphatic rings. The zero-order chi connectivity index (χ0) is 19.7. The second kappa shape index (κ2) is 10.0. The predicted octanol–water partition coefficient (Wildman–Crippen LogP) is 5.67. The number of hydrogen-bond acceptors (Lipinski definition) is 3. The lowest BCUT2D eigenvalue weighted by atomic mass is 10.0. The summed E-state index contributed by atoms with van der Waals surface area (Å²) >= 11 is 0. The molecule has 0 radical (unpaired) electrons. The van der Waals surface area contributed by atoms with Crippen LogP contribution in [0.2, 0.25) is 0 Å². The van der Waals surface area contributed by atoms with Gasteiger partial charge in [0.25, 0.3) is 0 Å². The van der Waals surface area contributed by atoms with E-state index in [2.05, 4.69) is 12.2 Å². The molecule has 2 aromatic rings. The van der Waals surface area contributed by atoms with Crippen LogP contribution in [0.3, 0.4) is 0 Å². The maximum atomic E-state index is 12.3. The quantitative estimate of drug-likeness (QED) is 0.610. The van der Waals surface area contributed by atoms with E-state index in [1.54, 1.807) is 0 Å². The Kier molecular flexibility index (Phi) is 7.71. The lowest BCUT2D eigenvalue weighted by Gasteiger charge is -2.24. The highest BCUT2D eigenvalue weighted by Crippen LogP contribution is 2.25. The fourth-order valence-electron chi connectivity index (χ4n) is 2.67. The van der Waals surface area contributed by atoms with Crippen LogP contribution < -0.4 is 10.1 Å². The molecule has 0 bridgehead atoms. The molecule has 2 aromatic carbocycles. The van der Waals surface area contributed by atoms with E-state index in [0.29, 0.717) is 13.0 Å². The van der Waals surface area contributed by atoms with E-state index in [1.807, 2.05) is 75.4 Å². The van der Waals surface area contributed by atoms with Crippen molar-refractivity contribution in [1.29, 1.82) is 0 Å². The standard InChI is InChI=1S/C23H31NO3/c1-5-6-15-26-20-14-10-11-18(16-20)17-21(19-12-8-7-9-13-19)27-22(25)24-23(2,3)4/h7-14,16,21H,5-6,15,17H2,1-4H3,(H,24,25). The average Bonchev–Trinajstić information content (AvgIpc) is 2.61. The molecule has 0 spiro atoms. The summed E-state index contributed by atoms with van der Waals surface area (Å²) in [6.45, 7) is 8.66. The van der Waals surface area contributed by atoms with Gasteiger partial charge in [-0.2, -0.15) is 0 Å². The molecule has 1 amide bonds. The summed E-state index contributed by atoms with van der Waals surface area (Å²) in [7, 11) is 0. The number of hydrogen-bond donors (Lipinski definition) is 1. The van der Waals surface area contributed by atoms with Crippen LogP contribution in [0, 0.1) is 0 Å². The van der Waals surface area contributed by atoms with Gasteiger partial charge in [0.05, 0.1) is 6.61 Å². The molecule has 0 aliphatic carbocycles. The lowest BCUT2D eigenvalue weighted by Crippen LogP contribution is -2.41. The molecule has 4 heteroatoms. The predicted molar refractivity (Wildman–Crippen MR) is 109 cm³/mol. The van der Waals surface area contributed by atoms with Crippen molar-refractivity contribution in [1.82, 2.24) is 5.32 Å². The van der Waals surface area contributed by atoms with E-state index < -0.39 is 6.09 Å². The summed E-state index contributed by atoms with van der Waals surface area (Å²) in [6.07, 6.45) is 1.96. The summed E-state index contributed by atoms with van der Waals surface area (Å²) < 4.78 is 11.6. The first-order valence-corrected chi connectivity index (χ1v) is 9.63. The van der Waals surface area contributed by atoms with Crippen molar-refractivity contribution in [2.24, 2.45) is 0 Å². The van der Waals surface area contributed by atoms with Gasteiger partial charge in [-0.15, -0.1) is 0 Å². The third-order valence-electron chi connectivity index (χ3n) is 3.98. The van der Waals surface area contributed by atoms with Crippen LogP contribution in [-0.2, 0) is 11.2 Å². The third kappa shape index (κ3) is 7.73. The fourth-order valence-corrected chi connectivity index (χ4v) is 2.67. The van der Waals surface area contributed by atoms with Crippen molar-refractivity contribution in [2.45, 2.75) is 58.6 Å². The van der Waals surface area contributed by atoms with Gasteiger partial charge >= 0.3 is 6.09 Å². The third-order valence-corrected chi connectivity index (χ3v) is 3.98. The molecule has 1 atom stereocenters. The Hall–Kier alpha value is -2.49. The van der Waals surface area contributed by atoms with Crippen molar-refractivity contribution >= 4 is 6.09 Å². The molecule has 0 saturated heterocycles. The zero-order valence-corrected chi connectivity index (χ0v) is 16.8. The summed E-state index contributed by atoms with van der Waals surface area (Å²) in [5.41, 5.74) is 1.70. The number of nitrogens with one attached hydrogen (secondary N) is 1. The number of benzene rings is 2. The van der Waals surface area contributed by atoms with Gasteiger partial charge in [-0.1, -0.05) is 55.8 Å². The van der Waals surface area contributed by atoms with Gasteiger partial charge in [-0.25, -0.2) is 4.79 Å². The molecule has 1 unspecified atom stereocenters. The minimum absolute atomic E-state index is 0.342. The van der Waals surface area contributed by atoms with Crippen molar-refractivity contribution in [3.8, 4) is 5.75 Å². The molecule has 0 heterocycles. The fraction of sp³-hybridized carbons (Fsp3) is 0.435. The van der Waals surface area contributed by atoms with Crippen LogP contribution in [0.5, 0.6) is 5.75 Å². The van der Waals surface area contributed by atoms with Crippen molar-refractivity contribution < 1.29 is 14.3 Å². The lowest BCUT2D eigenvalue weighted by molar-refractivity contribution is 0.0910. The molecular formula is C23H31NO3. The smallest absolute Gasteiger partial charge is 0.408 e. The molecule has 27 heavy (non-hydrogen) atoms. The maximum absolute atomic E-state index is 12.3. The van der Waals surface area contributed by atoms with Crippen molar-refractivity contribution in [3.63, 3.8) is 0 Å². The zero-order valence-electron chi connectivity index (χ0n) is 16.8. The second-order valence-electron chi connectivity index (χ2n) is 7.73. The van der Waals surface area contributed by atoms with E-state index in [0.717, 1.165) is 29.7 Å². The maximum Gasteiger partial charge on any atom is 0.408 e. The molecule has 0 aromatic heterocycles. The highest BCUT2D eigenvalue weighted by atomic mass is 16.6. The number of ether oxygens (including phenoxy) is 2. The van der Waals surface area contributed by atoms with Gasteiger partial charge in [0, 0.05) is 12.0 Å². The minimum atomic E-state index is -0.410. The Morgan fingerprint density at radius 1 is 1.07 bits per heavy atom. The van der Waals surface area contributed by atoms with Crippen molar-refractivity contribution in [3.05, 3.63) is 65.7 Å². The summed E-state index contributed by atoms with van der Waals surface area (Å²) in [5, 5.41) is 2.87. The van der Waals surface area contributed by atoms with Crippen LogP contribution in [0.4, 0.5) is 4.79 Å². The van der Waals surface area contributed by atoms with E-state index in [-0.39, 0.29) is 11.6 Å². The van der Waals surface area contributed by atoms with Crippen LogP contribution in [0.25, 0.3) is 0 Å². The molecule has 0 aliphatic heterocycles. The van der Waals surface area contributed by atoms with Crippen LogP contribution in [0.15, 0.2) is 54.6 Å². The molecular weight excluding hydrogens is 338 g/mol. The number of rotatable bonds is 8. The Balaban J connectivity index is 2.12. The molecule has 2 rings (SSSR count). The SMILES string of the molecule is CCCCOc1cccc(CC(OC(=O)NC(C)(C)C)c2ccccc2)c1. The number of alkyl carbamates (subject to hydrolysis) is 1. The number of unbranched alkanes of at least 4 members (excludes halogenated alkanes) is 1. The average molecular weight is 370 g/mol. The van der Waals surface area contributed by atoms with Gasteiger partial charge in [-0.3, -0.25) is 0 Å². The molecule has 0 saturated carbocycles. The Labute approximate surface area is 162 Å². The van der Waals surface area contributed by atoms with E-state index in [4.69, 9.17) is 9.47 Å². The summed E-state index contributed by atoms with van der Waals surface area (Å²) in [5.74, 6) is 0.854. The minimum Gasteiger partial charge on any atom is -0.494 e. The van der Waals surface area contributed by atoms with Gasteiger partial charge in [0.2, 0.25) is 0 Å². The van der Waals surface area contributed by atoms with Crippen molar-refractivity contribution in [2.75, 3.05) is 6.61 Å². The molecule has 146 valence electrons. The highest BCUT2D eigenvalue weighted by Gasteiger charge is 2.21. The van der Waals surface area contributed by atoms with Gasteiger partial charge in [0.1, 0.15) is 11.9 Å². The number of amides is 1. The largest absolute Gasteiger partial charge is 0.494 e. The number of carbonyl (C=O) groups excluding carboxylic acids is 1. The highest BCUT2D eigenvalue weighted by molar-refractivity contribution is 5.68. The Morgan fingerprint density at radius 2 is 1.81 bits per heavy atom. The second-order valence-corrected chi connectivity index (χ2v) is 7.73. The summed E-state index contributed by atoms with van der Waals surface area (Å²) in [6, 6.07) is 17.8. The van der Waals surface area contributed by atoms with Gasteiger partial charge in [-0.05, 0) is 50.5 Å². The van der Waals surface area contributed by atoms with Gasteiger partial charge < -0.3 is 14.8 Å². The van der Waals surface area contributed by atoms with Crippen LogP contribution in [-0.4, -0.2) is 18.2 Å². The number of carbonyl (C=O) groups is 1. The van der Waals surface area contributed by atoms with E-state index in [1.165, 1.54) is 0 Å². The van der Waals surface area contributed by atoms with E-state index >= 15 is 0 Å². The molecule has 4 nitrogen and oxygen atoms in total.